The molecule has 1 amide bonds. The van der Waals surface area contributed by atoms with Crippen LogP contribution in [0, 0.1) is 17.3 Å². The number of amides is 1. The highest BCUT2D eigenvalue weighted by Crippen LogP contribution is 2.58. The van der Waals surface area contributed by atoms with Crippen LogP contribution in [-0.4, -0.2) is 30.2 Å². The van der Waals surface area contributed by atoms with E-state index >= 15 is 0 Å². The fraction of sp³-hybridized carbons (Fsp3) is 0.609. The van der Waals surface area contributed by atoms with Crippen LogP contribution in [-0.2, 0) is 11.2 Å². The number of carbonyl (C=O) groups excluding carboxylic acids is 1. The maximum Gasteiger partial charge on any atom is 0.403 e. The minimum Gasteiger partial charge on any atom is -0.369 e. The van der Waals surface area contributed by atoms with Crippen molar-refractivity contribution in [3.05, 3.63) is 29.3 Å². The predicted molar refractivity (Wildman–Crippen MR) is 107 cm³/mol. The summed E-state index contributed by atoms with van der Waals surface area (Å²) in [6.45, 7) is 5.37. The first kappa shape index (κ1) is 20.1. The Hall–Kier alpha value is -2.16. The van der Waals surface area contributed by atoms with Gasteiger partial charge in [-0.2, -0.15) is 13.2 Å². The van der Waals surface area contributed by atoms with E-state index in [-0.39, 0.29) is 12.8 Å². The van der Waals surface area contributed by atoms with E-state index in [1.807, 2.05) is 12.1 Å². The number of nitrogens with zero attached hydrogens (tertiary/aromatic N) is 1. The Morgan fingerprint density at radius 1 is 1.17 bits per heavy atom. The number of nitrogens with one attached hydrogen (secondary N) is 1. The first-order valence-corrected chi connectivity index (χ1v) is 10.5. The van der Waals surface area contributed by atoms with Crippen molar-refractivity contribution in [2.75, 3.05) is 11.4 Å². The van der Waals surface area contributed by atoms with Crippen molar-refractivity contribution in [2.24, 2.45) is 5.41 Å². The van der Waals surface area contributed by atoms with Crippen LogP contribution >= 0.6 is 0 Å². The molecule has 0 spiro atoms. The average Bonchev–Trinajstić information content (AvgIpc) is 3.53. The predicted octanol–water partition coefficient (Wildman–Crippen LogP) is 4.58. The Balaban J connectivity index is 1.57. The van der Waals surface area contributed by atoms with E-state index in [2.05, 4.69) is 42.0 Å². The molecule has 2 aliphatic carbocycles. The number of hydrogen-bond acceptors (Lipinski definition) is 2. The lowest BCUT2D eigenvalue weighted by Gasteiger charge is -2.29. The summed E-state index contributed by atoms with van der Waals surface area (Å²) in [5.74, 6) is 5.41. The van der Waals surface area contributed by atoms with Gasteiger partial charge in [-0.15, -0.1) is 0 Å². The van der Waals surface area contributed by atoms with Gasteiger partial charge in [-0.25, -0.2) is 0 Å². The van der Waals surface area contributed by atoms with Gasteiger partial charge in [-0.3, -0.25) is 4.79 Å². The number of anilines is 1. The first-order chi connectivity index (χ1) is 13.7. The second-order valence-corrected chi connectivity index (χ2v) is 8.91. The van der Waals surface area contributed by atoms with Crippen LogP contribution in [0.25, 0.3) is 0 Å². The minimum atomic E-state index is -4.49. The maximum absolute atomic E-state index is 13.2. The van der Waals surface area contributed by atoms with Crippen molar-refractivity contribution in [1.29, 1.82) is 0 Å². The molecule has 3 aliphatic rings. The van der Waals surface area contributed by atoms with Gasteiger partial charge in [-0.05, 0) is 76.5 Å². The van der Waals surface area contributed by atoms with Crippen LogP contribution in [0.3, 0.4) is 0 Å². The minimum absolute atomic E-state index is 0.122. The molecular weight excluding hydrogens is 377 g/mol. The lowest BCUT2D eigenvalue weighted by molar-refractivity contribution is -0.192. The van der Waals surface area contributed by atoms with E-state index in [0.717, 1.165) is 31.4 Å². The average molecular weight is 404 g/mol. The van der Waals surface area contributed by atoms with Gasteiger partial charge in [-0.1, -0.05) is 17.9 Å². The number of rotatable bonds is 3. The third-order valence-corrected chi connectivity index (χ3v) is 6.43. The third kappa shape index (κ3) is 3.72. The van der Waals surface area contributed by atoms with Crippen molar-refractivity contribution < 1.29 is 18.0 Å². The monoisotopic (exact) mass is 404 g/mol. The second-order valence-electron chi connectivity index (χ2n) is 8.91. The van der Waals surface area contributed by atoms with Crippen molar-refractivity contribution >= 4 is 11.6 Å². The van der Waals surface area contributed by atoms with Gasteiger partial charge in [0.1, 0.15) is 11.0 Å². The molecule has 3 nitrogen and oxygen atoms in total. The van der Waals surface area contributed by atoms with Gasteiger partial charge in [0.25, 0.3) is 0 Å². The lowest BCUT2D eigenvalue weighted by Crippen LogP contribution is -2.46. The standard InChI is InChI=1S/C23H27F3N2O/c1-16(2)28-15-4-3-7-18-17(6-5-8-19(18)28)9-10-21(11-12-21)27-20(29)22(13-14-22)23(24,25)26/h5-6,8,16H,3-4,7,11-15H2,1-2H3,(H,27,29). The molecule has 0 saturated heterocycles. The molecule has 2 saturated carbocycles. The zero-order chi connectivity index (χ0) is 20.9. The Kier molecular flexibility index (Phi) is 4.83. The topological polar surface area (TPSA) is 32.3 Å². The molecule has 156 valence electrons. The van der Waals surface area contributed by atoms with Gasteiger partial charge in [0, 0.05) is 23.8 Å². The van der Waals surface area contributed by atoms with Gasteiger partial charge in [0.05, 0.1) is 0 Å². The molecule has 2 fully saturated rings. The molecule has 0 bridgehead atoms. The van der Waals surface area contributed by atoms with Crippen LogP contribution in [0.1, 0.15) is 63.5 Å². The maximum atomic E-state index is 13.2. The summed E-state index contributed by atoms with van der Waals surface area (Å²) >= 11 is 0. The number of carbonyl (C=O) groups is 1. The molecule has 0 unspecified atom stereocenters. The molecule has 4 rings (SSSR count). The van der Waals surface area contributed by atoms with E-state index in [1.165, 1.54) is 11.3 Å². The summed E-state index contributed by atoms with van der Waals surface area (Å²) in [5, 5.41) is 2.62. The number of hydrogen-bond donors (Lipinski definition) is 1. The van der Waals surface area contributed by atoms with Crippen molar-refractivity contribution in [3.63, 3.8) is 0 Å². The molecule has 29 heavy (non-hydrogen) atoms. The largest absolute Gasteiger partial charge is 0.403 e. The van der Waals surface area contributed by atoms with E-state index < -0.39 is 23.0 Å². The molecule has 0 atom stereocenters. The number of alkyl halides is 3. The van der Waals surface area contributed by atoms with E-state index in [4.69, 9.17) is 0 Å². The number of halogens is 3. The Labute approximate surface area is 170 Å². The Morgan fingerprint density at radius 2 is 1.90 bits per heavy atom. The van der Waals surface area contributed by atoms with E-state index in [0.29, 0.717) is 18.9 Å². The molecule has 0 aromatic heterocycles. The quantitative estimate of drug-likeness (QED) is 0.748. The van der Waals surface area contributed by atoms with Crippen LogP contribution in [0.5, 0.6) is 0 Å². The van der Waals surface area contributed by atoms with Crippen molar-refractivity contribution in [2.45, 2.75) is 76.6 Å². The van der Waals surface area contributed by atoms with Crippen molar-refractivity contribution in [1.82, 2.24) is 5.32 Å². The Bertz CT molecular complexity index is 870. The first-order valence-electron chi connectivity index (χ1n) is 10.5. The summed E-state index contributed by atoms with van der Waals surface area (Å²) in [6, 6.07) is 6.48. The normalized spacial score (nSPS) is 21.5. The van der Waals surface area contributed by atoms with Crippen molar-refractivity contribution in [3.8, 4) is 11.8 Å². The Morgan fingerprint density at radius 3 is 2.48 bits per heavy atom. The van der Waals surface area contributed by atoms with Crippen LogP contribution in [0.4, 0.5) is 18.9 Å². The SMILES string of the molecule is CC(C)N1CCCCc2c(C#CC3(NC(=O)C4(C(F)(F)F)CC4)CC3)cccc21. The summed E-state index contributed by atoms with van der Waals surface area (Å²) in [6.07, 6.45) is -0.368. The zero-order valence-electron chi connectivity index (χ0n) is 17.0. The molecule has 0 radical (unpaired) electrons. The highest BCUT2D eigenvalue weighted by atomic mass is 19.4. The fourth-order valence-corrected chi connectivity index (χ4v) is 4.16. The van der Waals surface area contributed by atoms with E-state index in [9.17, 15) is 18.0 Å². The van der Waals surface area contributed by atoms with Gasteiger partial charge in [0.15, 0.2) is 0 Å². The summed E-state index contributed by atoms with van der Waals surface area (Å²) in [7, 11) is 0. The molecular formula is C23H27F3N2O. The summed E-state index contributed by atoms with van der Waals surface area (Å²) < 4.78 is 39.7. The highest BCUT2D eigenvalue weighted by molar-refractivity contribution is 5.87. The smallest absolute Gasteiger partial charge is 0.369 e. The zero-order valence-corrected chi connectivity index (χ0v) is 17.0. The van der Waals surface area contributed by atoms with Gasteiger partial charge < -0.3 is 10.2 Å². The lowest BCUT2D eigenvalue weighted by atomic mass is 10.00. The number of fused-ring (bicyclic) bond motifs is 1. The highest BCUT2D eigenvalue weighted by Gasteiger charge is 2.69. The van der Waals surface area contributed by atoms with Crippen LogP contribution < -0.4 is 10.2 Å². The van der Waals surface area contributed by atoms with Crippen LogP contribution in [0.2, 0.25) is 0 Å². The molecule has 1 aromatic rings. The molecule has 1 aliphatic heterocycles. The molecule has 1 aromatic carbocycles. The molecule has 6 heteroatoms. The van der Waals surface area contributed by atoms with E-state index in [1.54, 1.807) is 0 Å². The summed E-state index contributed by atoms with van der Waals surface area (Å²) in [5.41, 5.74) is 0.344. The van der Waals surface area contributed by atoms with Crippen LogP contribution in [0.15, 0.2) is 18.2 Å². The molecule has 1 heterocycles. The van der Waals surface area contributed by atoms with Gasteiger partial charge >= 0.3 is 6.18 Å². The third-order valence-electron chi connectivity index (χ3n) is 6.43. The second kappa shape index (κ2) is 6.97. The molecule has 1 N–H and O–H groups in total. The van der Waals surface area contributed by atoms with Gasteiger partial charge in [0.2, 0.25) is 5.91 Å². The summed E-state index contributed by atoms with van der Waals surface area (Å²) in [4.78, 5) is 14.7. The fourth-order valence-electron chi connectivity index (χ4n) is 4.16. The number of benzene rings is 1.